The molecule has 104 valence electrons. The lowest BCUT2D eigenvalue weighted by atomic mass is 10.1. The van der Waals surface area contributed by atoms with Crippen molar-refractivity contribution in [2.24, 2.45) is 0 Å². The quantitative estimate of drug-likeness (QED) is 0.629. The van der Waals surface area contributed by atoms with Crippen molar-refractivity contribution < 1.29 is 19.9 Å². The van der Waals surface area contributed by atoms with Crippen molar-refractivity contribution >= 4 is 11.6 Å². The molecule has 0 aromatic heterocycles. The van der Waals surface area contributed by atoms with Gasteiger partial charge in [-0.2, -0.15) is 0 Å². The Morgan fingerprint density at radius 1 is 1.47 bits per heavy atom. The van der Waals surface area contributed by atoms with Crippen molar-refractivity contribution in [3.05, 3.63) is 33.9 Å². The SMILES string of the molecule is CN(CC(C)(C)O)C(=O)c1ccc([N+](=O)[O-])c(O)c1. The number of aliphatic hydroxyl groups is 1. The molecule has 0 unspecified atom stereocenters. The second-order valence-corrected chi connectivity index (χ2v) is 4.93. The molecular weight excluding hydrogens is 252 g/mol. The molecule has 1 aromatic rings. The van der Waals surface area contributed by atoms with Gasteiger partial charge in [0.05, 0.1) is 10.5 Å². The Bertz CT molecular complexity index is 507. The van der Waals surface area contributed by atoms with E-state index in [-0.39, 0.29) is 12.1 Å². The molecule has 0 saturated heterocycles. The van der Waals surface area contributed by atoms with Crippen LogP contribution in [0.5, 0.6) is 5.75 Å². The fourth-order valence-electron chi connectivity index (χ4n) is 1.68. The van der Waals surface area contributed by atoms with Crippen molar-refractivity contribution in [1.29, 1.82) is 0 Å². The third-order valence-corrected chi connectivity index (χ3v) is 2.39. The summed E-state index contributed by atoms with van der Waals surface area (Å²) in [4.78, 5) is 23.1. The van der Waals surface area contributed by atoms with Crippen LogP contribution in [0.1, 0.15) is 24.2 Å². The van der Waals surface area contributed by atoms with Crippen LogP contribution in [0.15, 0.2) is 18.2 Å². The van der Waals surface area contributed by atoms with Gasteiger partial charge in [-0.25, -0.2) is 0 Å². The Balaban J connectivity index is 2.95. The summed E-state index contributed by atoms with van der Waals surface area (Å²) in [6, 6.07) is 3.38. The van der Waals surface area contributed by atoms with Gasteiger partial charge in [-0.05, 0) is 26.0 Å². The molecular formula is C12H16N2O5. The summed E-state index contributed by atoms with van der Waals surface area (Å²) in [5, 5.41) is 29.6. The van der Waals surface area contributed by atoms with Crippen LogP contribution in [0.3, 0.4) is 0 Å². The van der Waals surface area contributed by atoms with E-state index in [1.807, 2.05) is 0 Å². The highest BCUT2D eigenvalue weighted by Crippen LogP contribution is 2.26. The van der Waals surface area contributed by atoms with E-state index in [4.69, 9.17) is 0 Å². The van der Waals surface area contributed by atoms with E-state index in [0.717, 1.165) is 12.1 Å². The molecule has 0 spiro atoms. The van der Waals surface area contributed by atoms with E-state index < -0.39 is 27.9 Å². The highest BCUT2D eigenvalue weighted by Gasteiger charge is 2.22. The van der Waals surface area contributed by atoms with E-state index in [9.17, 15) is 25.1 Å². The van der Waals surface area contributed by atoms with Gasteiger partial charge < -0.3 is 15.1 Å². The molecule has 0 bridgehead atoms. The number of phenolic OH excluding ortho intramolecular Hbond substituents is 1. The summed E-state index contributed by atoms with van der Waals surface area (Å²) in [6.45, 7) is 3.22. The van der Waals surface area contributed by atoms with Crippen molar-refractivity contribution in [3.8, 4) is 5.75 Å². The first-order valence-corrected chi connectivity index (χ1v) is 5.57. The average Bonchev–Trinajstić information content (AvgIpc) is 2.24. The van der Waals surface area contributed by atoms with Crippen molar-refractivity contribution in [1.82, 2.24) is 4.90 Å². The molecule has 7 nitrogen and oxygen atoms in total. The molecule has 1 rings (SSSR count). The maximum absolute atomic E-state index is 12.0. The molecule has 7 heteroatoms. The van der Waals surface area contributed by atoms with Crippen molar-refractivity contribution in [2.45, 2.75) is 19.4 Å². The van der Waals surface area contributed by atoms with Crippen LogP contribution < -0.4 is 0 Å². The number of hydrogen-bond donors (Lipinski definition) is 2. The molecule has 1 amide bonds. The molecule has 2 N–H and O–H groups in total. The normalized spacial score (nSPS) is 11.2. The van der Waals surface area contributed by atoms with Gasteiger partial charge in [0.2, 0.25) is 0 Å². The molecule has 19 heavy (non-hydrogen) atoms. The second-order valence-electron chi connectivity index (χ2n) is 4.93. The van der Waals surface area contributed by atoms with E-state index in [1.54, 1.807) is 13.8 Å². The summed E-state index contributed by atoms with van der Waals surface area (Å²) in [6.07, 6.45) is 0. The van der Waals surface area contributed by atoms with Gasteiger partial charge in [-0.15, -0.1) is 0 Å². The van der Waals surface area contributed by atoms with Crippen LogP contribution in [0.25, 0.3) is 0 Å². The first-order chi connectivity index (χ1) is 8.61. The summed E-state index contributed by atoms with van der Waals surface area (Å²) < 4.78 is 0. The predicted octanol–water partition coefficient (Wildman–Crippen LogP) is 1.14. The third-order valence-electron chi connectivity index (χ3n) is 2.39. The van der Waals surface area contributed by atoms with Crippen LogP contribution in [-0.2, 0) is 0 Å². The fraction of sp³-hybridized carbons (Fsp3) is 0.417. The highest BCUT2D eigenvalue weighted by atomic mass is 16.6. The monoisotopic (exact) mass is 268 g/mol. The van der Waals surface area contributed by atoms with Gasteiger partial charge in [0.1, 0.15) is 0 Å². The standard InChI is InChI=1S/C12H16N2O5/c1-12(2,17)7-13(3)11(16)8-4-5-9(14(18)19)10(15)6-8/h4-6,15,17H,7H2,1-3H3. The molecule has 0 fully saturated rings. The summed E-state index contributed by atoms with van der Waals surface area (Å²) in [5.41, 5.74) is -1.38. The third kappa shape index (κ3) is 3.92. The maximum atomic E-state index is 12.0. The lowest BCUT2D eigenvalue weighted by molar-refractivity contribution is -0.385. The fourth-order valence-corrected chi connectivity index (χ4v) is 1.68. The predicted molar refractivity (Wildman–Crippen MR) is 68.0 cm³/mol. The second kappa shape index (κ2) is 5.23. The van der Waals surface area contributed by atoms with Crippen molar-refractivity contribution in [2.75, 3.05) is 13.6 Å². The van der Waals surface area contributed by atoms with Crippen LogP contribution >= 0.6 is 0 Å². The van der Waals surface area contributed by atoms with Crippen LogP contribution in [-0.4, -0.2) is 45.1 Å². The van der Waals surface area contributed by atoms with E-state index in [1.165, 1.54) is 18.0 Å². The van der Waals surface area contributed by atoms with Gasteiger partial charge in [0.15, 0.2) is 5.75 Å². The minimum atomic E-state index is -1.05. The maximum Gasteiger partial charge on any atom is 0.310 e. The summed E-state index contributed by atoms with van der Waals surface area (Å²) in [7, 11) is 1.50. The van der Waals surface area contributed by atoms with E-state index >= 15 is 0 Å². The average molecular weight is 268 g/mol. The minimum Gasteiger partial charge on any atom is -0.502 e. The number of likely N-dealkylation sites (N-methyl/N-ethyl adjacent to an activating group) is 1. The summed E-state index contributed by atoms with van der Waals surface area (Å²) in [5.74, 6) is -1.00. The van der Waals surface area contributed by atoms with Gasteiger partial charge in [0, 0.05) is 25.2 Å². The molecule has 0 radical (unpaired) electrons. The molecule has 0 aliphatic heterocycles. The van der Waals surface area contributed by atoms with Crippen molar-refractivity contribution in [3.63, 3.8) is 0 Å². The van der Waals surface area contributed by atoms with Crippen LogP contribution in [0.4, 0.5) is 5.69 Å². The smallest absolute Gasteiger partial charge is 0.310 e. The largest absolute Gasteiger partial charge is 0.502 e. The first kappa shape index (κ1) is 14.9. The molecule has 0 atom stereocenters. The van der Waals surface area contributed by atoms with Gasteiger partial charge in [0.25, 0.3) is 5.91 Å². The Kier molecular flexibility index (Phi) is 4.10. The number of carbonyl (C=O) groups excluding carboxylic acids is 1. The van der Waals surface area contributed by atoms with Crippen LogP contribution in [0, 0.1) is 10.1 Å². The molecule has 0 heterocycles. The van der Waals surface area contributed by atoms with Gasteiger partial charge in [-0.3, -0.25) is 14.9 Å². The minimum absolute atomic E-state index is 0.101. The number of rotatable bonds is 4. The lowest BCUT2D eigenvalue weighted by Gasteiger charge is -2.25. The topological polar surface area (TPSA) is 104 Å². The number of phenols is 1. The van der Waals surface area contributed by atoms with Gasteiger partial charge in [-0.1, -0.05) is 0 Å². The lowest BCUT2D eigenvalue weighted by Crippen LogP contribution is -2.39. The molecule has 0 aliphatic carbocycles. The number of aromatic hydroxyl groups is 1. The molecule has 0 aliphatic rings. The van der Waals surface area contributed by atoms with E-state index in [2.05, 4.69) is 0 Å². The highest BCUT2D eigenvalue weighted by molar-refractivity contribution is 5.94. The first-order valence-electron chi connectivity index (χ1n) is 5.57. The Morgan fingerprint density at radius 2 is 2.05 bits per heavy atom. The molecule has 0 saturated carbocycles. The zero-order valence-corrected chi connectivity index (χ0v) is 11.0. The number of hydrogen-bond acceptors (Lipinski definition) is 5. The summed E-state index contributed by atoms with van der Waals surface area (Å²) >= 11 is 0. The number of nitro benzene ring substituents is 1. The van der Waals surface area contributed by atoms with E-state index in [0.29, 0.717) is 0 Å². The van der Waals surface area contributed by atoms with Gasteiger partial charge >= 0.3 is 5.69 Å². The number of nitro groups is 1. The number of amides is 1. The number of benzene rings is 1. The molecule has 1 aromatic carbocycles. The zero-order valence-electron chi connectivity index (χ0n) is 11.0. The Labute approximate surface area is 110 Å². The number of nitrogens with zero attached hydrogens (tertiary/aromatic N) is 2. The zero-order chi connectivity index (χ0) is 14.8. The Hall–Kier alpha value is -2.15. The number of carbonyl (C=O) groups is 1. The van der Waals surface area contributed by atoms with Crippen LogP contribution in [0.2, 0.25) is 0 Å². The Morgan fingerprint density at radius 3 is 2.47 bits per heavy atom.